The van der Waals surface area contributed by atoms with Gasteiger partial charge in [0.25, 0.3) is 0 Å². The van der Waals surface area contributed by atoms with Gasteiger partial charge in [0.2, 0.25) is 0 Å². The zero-order valence-corrected chi connectivity index (χ0v) is 35.6. The number of rotatable bonds is 5. The van der Waals surface area contributed by atoms with Gasteiger partial charge >= 0.3 is 0 Å². The molecule has 4 aromatic rings. The molecule has 0 bridgehead atoms. The summed E-state index contributed by atoms with van der Waals surface area (Å²) in [5.74, 6) is 1.03. The zero-order chi connectivity index (χ0) is 37.7. The molecule has 0 heterocycles. The second kappa shape index (κ2) is 12.5. The number of aryl methyl sites for hydroxylation is 1. The molecular weight excluding hydrogens is 645 g/mol. The SMILES string of the molecule is COc1c(C(C)(C)C)cc2c(c1-c1ccc(C(C)(C)C)cc1)C=C(C)C2[Si](C)(C)C1C(C)=Cc2c1cc1c(c2-c2ccc(C(C)(C)C)cc2)CCC1. The van der Waals surface area contributed by atoms with Gasteiger partial charge in [0, 0.05) is 22.2 Å². The summed E-state index contributed by atoms with van der Waals surface area (Å²) in [5.41, 5.74) is 22.7. The Hall–Kier alpha value is -3.62. The molecule has 7 rings (SSSR count). The molecule has 272 valence electrons. The van der Waals surface area contributed by atoms with E-state index < -0.39 is 8.07 Å². The molecule has 3 aliphatic rings. The number of fused-ring (bicyclic) bond motifs is 3. The summed E-state index contributed by atoms with van der Waals surface area (Å²) in [6.07, 6.45) is 8.75. The van der Waals surface area contributed by atoms with Crippen LogP contribution in [0.3, 0.4) is 0 Å². The van der Waals surface area contributed by atoms with Gasteiger partial charge in [-0.1, -0.05) is 159 Å². The Kier molecular flexibility index (Phi) is 8.81. The van der Waals surface area contributed by atoms with Crippen molar-refractivity contribution in [2.45, 2.75) is 136 Å². The highest BCUT2D eigenvalue weighted by atomic mass is 28.3. The summed E-state index contributed by atoms with van der Waals surface area (Å²) < 4.78 is 6.40. The van der Waals surface area contributed by atoms with Crippen molar-refractivity contribution in [2.24, 2.45) is 0 Å². The second-order valence-corrected chi connectivity index (χ2v) is 24.7. The fourth-order valence-corrected chi connectivity index (χ4v) is 15.1. The minimum absolute atomic E-state index is 0.0685. The lowest BCUT2D eigenvalue weighted by molar-refractivity contribution is 0.399. The Bertz CT molecular complexity index is 2120. The molecule has 2 heteroatoms. The van der Waals surface area contributed by atoms with Crippen molar-refractivity contribution in [3.63, 3.8) is 0 Å². The number of allylic oxidation sites excluding steroid dienone is 2. The Morgan fingerprint density at radius 1 is 0.596 bits per heavy atom. The van der Waals surface area contributed by atoms with Gasteiger partial charge < -0.3 is 4.74 Å². The van der Waals surface area contributed by atoms with E-state index in [4.69, 9.17) is 4.74 Å². The van der Waals surface area contributed by atoms with E-state index in [0.29, 0.717) is 11.1 Å². The average Bonchev–Trinajstić information content (AvgIpc) is 3.75. The summed E-state index contributed by atoms with van der Waals surface area (Å²) in [4.78, 5) is 0. The van der Waals surface area contributed by atoms with Gasteiger partial charge in [-0.25, -0.2) is 0 Å². The minimum atomic E-state index is -2.10. The first-order valence-electron chi connectivity index (χ1n) is 19.8. The Balaban J connectivity index is 1.40. The molecule has 0 radical (unpaired) electrons. The van der Waals surface area contributed by atoms with Crippen LogP contribution in [-0.4, -0.2) is 15.2 Å². The molecule has 0 N–H and O–H groups in total. The molecule has 0 fully saturated rings. The Labute approximate surface area is 316 Å². The van der Waals surface area contributed by atoms with Gasteiger partial charge in [0.1, 0.15) is 5.75 Å². The van der Waals surface area contributed by atoms with Crippen LogP contribution in [0, 0.1) is 0 Å². The molecule has 2 atom stereocenters. The van der Waals surface area contributed by atoms with Crippen LogP contribution in [0.2, 0.25) is 13.1 Å². The van der Waals surface area contributed by atoms with Crippen LogP contribution in [0.1, 0.15) is 144 Å². The van der Waals surface area contributed by atoms with E-state index >= 15 is 0 Å². The Morgan fingerprint density at radius 2 is 1.06 bits per heavy atom. The molecule has 3 aliphatic carbocycles. The third kappa shape index (κ3) is 5.98. The van der Waals surface area contributed by atoms with E-state index in [1.807, 2.05) is 7.11 Å². The first-order valence-corrected chi connectivity index (χ1v) is 22.9. The molecule has 0 spiro atoms. The predicted molar refractivity (Wildman–Crippen MR) is 229 cm³/mol. The average molecular weight is 707 g/mol. The molecule has 1 nitrogen and oxygen atoms in total. The quantitative estimate of drug-likeness (QED) is 0.188. The monoisotopic (exact) mass is 706 g/mol. The van der Waals surface area contributed by atoms with Gasteiger partial charge in [-0.2, -0.15) is 0 Å². The summed E-state index contributed by atoms with van der Waals surface area (Å²) in [5, 5.41) is 0. The first-order chi connectivity index (χ1) is 24.2. The standard InChI is InChI=1S/C50H62OSi/c1-30-26-38-40(28-34-16-15-17-37(34)43(38)32-18-22-35(23-19-32)48(3,4)5)46(30)52(13,14)47-31(2)27-39-41(47)29-42(50(9,10)11)45(51-12)44(39)33-20-24-36(25-21-33)49(6,7)8/h18-29,46-47H,15-17H2,1-14H3. The zero-order valence-electron chi connectivity index (χ0n) is 34.6. The molecule has 0 aromatic heterocycles. The molecular formula is C50H62OSi. The second-order valence-electron chi connectivity index (χ2n) is 19.9. The van der Waals surface area contributed by atoms with Crippen LogP contribution < -0.4 is 4.74 Å². The topological polar surface area (TPSA) is 9.23 Å². The van der Waals surface area contributed by atoms with E-state index in [1.165, 1.54) is 80.5 Å². The molecule has 0 aliphatic heterocycles. The minimum Gasteiger partial charge on any atom is -0.496 e. The summed E-state index contributed by atoms with van der Waals surface area (Å²) >= 11 is 0. The predicted octanol–water partition coefficient (Wildman–Crippen LogP) is 13.9. The fourth-order valence-electron chi connectivity index (χ4n) is 10.2. The highest BCUT2D eigenvalue weighted by Gasteiger charge is 2.48. The third-order valence-corrected chi connectivity index (χ3v) is 17.2. The highest BCUT2D eigenvalue weighted by molar-refractivity contribution is 6.81. The van der Waals surface area contributed by atoms with Crippen LogP contribution in [0.5, 0.6) is 5.75 Å². The summed E-state index contributed by atoms with van der Waals surface area (Å²) in [6.45, 7) is 31.1. The van der Waals surface area contributed by atoms with E-state index in [-0.39, 0.29) is 16.2 Å². The lowest BCUT2D eigenvalue weighted by atomic mass is 9.80. The number of hydrogen-bond acceptors (Lipinski definition) is 1. The number of methoxy groups -OCH3 is 1. The molecule has 4 aromatic carbocycles. The maximum absolute atomic E-state index is 6.40. The lowest BCUT2D eigenvalue weighted by Crippen LogP contribution is -2.42. The number of benzene rings is 4. The van der Waals surface area contributed by atoms with Crippen LogP contribution in [-0.2, 0) is 29.1 Å². The van der Waals surface area contributed by atoms with Crippen LogP contribution in [0.4, 0.5) is 0 Å². The maximum Gasteiger partial charge on any atom is 0.131 e. The van der Waals surface area contributed by atoms with E-state index in [0.717, 1.165) is 5.75 Å². The van der Waals surface area contributed by atoms with Crippen molar-refractivity contribution in [3.05, 3.63) is 122 Å². The fraction of sp³-hybridized carbons (Fsp3) is 0.440. The van der Waals surface area contributed by atoms with Gasteiger partial charge in [0.15, 0.2) is 0 Å². The summed E-state index contributed by atoms with van der Waals surface area (Å²) in [6, 6.07) is 24.1. The largest absolute Gasteiger partial charge is 0.496 e. The van der Waals surface area contributed by atoms with Crippen molar-refractivity contribution in [3.8, 4) is 28.0 Å². The molecule has 0 saturated heterocycles. The smallest absolute Gasteiger partial charge is 0.131 e. The van der Waals surface area contributed by atoms with E-state index in [2.05, 4.69) is 162 Å². The number of ether oxygens (including phenoxy) is 1. The van der Waals surface area contributed by atoms with Gasteiger partial charge in [-0.05, 0) is 111 Å². The van der Waals surface area contributed by atoms with Gasteiger partial charge in [-0.15, -0.1) is 0 Å². The third-order valence-electron chi connectivity index (χ3n) is 12.7. The van der Waals surface area contributed by atoms with Crippen molar-refractivity contribution in [2.75, 3.05) is 7.11 Å². The van der Waals surface area contributed by atoms with Gasteiger partial charge in [-0.3, -0.25) is 0 Å². The normalized spacial score (nSPS) is 18.6. The van der Waals surface area contributed by atoms with Gasteiger partial charge in [0.05, 0.1) is 15.2 Å². The van der Waals surface area contributed by atoms with Crippen molar-refractivity contribution in [1.29, 1.82) is 0 Å². The van der Waals surface area contributed by atoms with Crippen molar-refractivity contribution < 1.29 is 4.74 Å². The Morgan fingerprint density at radius 3 is 1.52 bits per heavy atom. The number of hydrogen-bond donors (Lipinski definition) is 0. The highest BCUT2D eigenvalue weighted by Crippen LogP contribution is 2.57. The van der Waals surface area contributed by atoms with Crippen LogP contribution in [0.15, 0.2) is 71.8 Å². The maximum atomic E-state index is 6.40. The van der Waals surface area contributed by atoms with Crippen molar-refractivity contribution >= 4 is 20.2 Å². The molecule has 2 unspecified atom stereocenters. The van der Waals surface area contributed by atoms with Crippen molar-refractivity contribution in [1.82, 2.24) is 0 Å². The van der Waals surface area contributed by atoms with Crippen LogP contribution >= 0.6 is 0 Å². The molecule has 0 amide bonds. The molecule has 52 heavy (non-hydrogen) atoms. The summed E-state index contributed by atoms with van der Waals surface area (Å²) in [7, 11) is -0.238. The van der Waals surface area contributed by atoms with E-state index in [1.54, 1.807) is 22.3 Å². The lowest BCUT2D eigenvalue weighted by Gasteiger charge is -2.40. The van der Waals surface area contributed by atoms with Crippen LogP contribution in [0.25, 0.3) is 34.4 Å². The van der Waals surface area contributed by atoms with E-state index in [9.17, 15) is 0 Å². The first kappa shape index (κ1) is 36.7. The molecule has 0 saturated carbocycles.